The van der Waals surface area contributed by atoms with Gasteiger partial charge in [0.1, 0.15) is 0 Å². The molecule has 1 aliphatic carbocycles. The molecule has 1 aliphatic heterocycles. The van der Waals surface area contributed by atoms with E-state index in [4.69, 9.17) is 4.74 Å². The molecule has 1 unspecified atom stereocenters. The number of ketones is 1. The Bertz CT molecular complexity index is 1080. The highest BCUT2D eigenvalue weighted by Crippen LogP contribution is 2.27. The Hall–Kier alpha value is -3.13. The molecule has 31 heavy (non-hydrogen) atoms. The van der Waals surface area contributed by atoms with Crippen molar-refractivity contribution in [3.8, 4) is 11.5 Å². The number of amidine groups is 1. The molecule has 1 saturated heterocycles. The summed E-state index contributed by atoms with van der Waals surface area (Å²) in [5.41, 5.74) is 3.93. The van der Waals surface area contributed by atoms with Gasteiger partial charge in [-0.3, -0.25) is 9.59 Å². The monoisotopic (exact) mass is 437 g/mol. The number of amides is 1. The van der Waals surface area contributed by atoms with Gasteiger partial charge in [-0.05, 0) is 66.6 Å². The lowest BCUT2D eigenvalue weighted by Gasteiger charge is -2.16. The zero-order valence-corrected chi connectivity index (χ0v) is 17.9. The molecule has 2 aromatic rings. The Morgan fingerprint density at radius 1 is 1.23 bits per heavy atom. The minimum absolute atomic E-state index is 0.0380. The van der Waals surface area contributed by atoms with Crippen LogP contribution in [-0.4, -0.2) is 40.5 Å². The summed E-state index contributed by atoms with van der Waals surface area (Å²) >= 11 is 1.21. The number of Topliss-reactive ketones (excluding diaryl/α,β-unsaturated/α-hetero) is 1. The van der Waals surface area contributed by atoms with E-state index in [1.54, 1.807) is 12.1 Å². The van der Waals surface area contributed by atoms with Gasteiger partial charge in [-0.25, -0.2) is 0 Å². The van der Waals surface area contributed by atoms with Crippen molar-refractivity contribution in [2.24, 2.45) is 10.2 Å². The first-order chi connectivity index (χ1) is 15.0. The number of hydrogen-bond acceptors (Lipinski definition) is 7. The third-order valence-corrected chi connectivity index (χ3v) is 6.45. The zero-order chi connectivity index (χ0) is 21.8. The first-order valence-corrected chi connectivity index (χ1v) is 11.0. The zero-order valence-electron chi connectivity index (χ0n) is 17.1. The third kappa shape index (κ3) is 4.96. The number of nitrogens with one attached hydrogen (secondary N) is 1. The fourth-order valence-electron chi connectivity index (χ4n) is 3.70. The fraction of sp³-hybridized carbons (Fsp3) is 0.304. The Morgan fingerprint density at radius 2 is 2.03 bits per heavy atom. The van der Waals surface area contributed by atoms with Crippen LogP contribution in [0.15, 0.2) is 46.6 Å². The van der Waals surface area contributed by atoms with Gasteiger partial charge in [0.15, 0.2) is 22.4 Å². The summed E-state index contributed by atoms with van der Waals surface area (Å²) in [6.07, 6.45) is 6.05. The number of benzene rings is 2. The topological polar surface area (TPSA) is 100 Å². The molecule has 7 nitrogen and oxygen atoms in total. The van der Waals surface area contributed by atoms with Crippen LogP contribution < -0.4 is 10.1 Å². The Balaban J connectivity index is 1.38. The molecule has 0 radical (unpaired) electrons. The summed E-state index contributed by atoms with van der Waals surface area (Å²) in [5.74, 6) is 0.0930. The average molecular weight is 438 g/mol. The van der Waals surface area contributed by atoms with Crippen LogP contribution >= 0.6 is 11.8 Å². The molecule has 0 bridgehead atoms. The van der Waals surface area contributed by atoms with Gasteiger partial charge >= 0.3 is 0 Å². The summed E-state index contributed by atoms with van der Waals surface area (Å²) in [6, 6.07) is 10.7. The van der Waals surface area contributed by atoms with Crippen LogP contribution in [0.5, 0.6) is 11.5 Å². The lowest BCUT2D eigenvalue weighted by molar-refractivity contribution is -0.118. The van der Waals surface area contributed by atoms with Crippen molar-refractivity contribution in [1.82, 2.24) is 5.32 Å². The SMILES string of the molecule is COc1cc(/C=N/N=C2/NC(=O)C(CC(=O)c3ccc4c(c3)CCCC4)S2)ccc1O. The third-order valence-electron chi connectivity index (χ3n) is 5.38. The molecule has 0 saturated carbocycles. The first kappa shape index (κ1) is 21.1. The van der Waals surface area contributed by atoms with Gasteiger partial charge in [0, 0.05) is 12.0 Å². The number of ether oxygens (including phenoxy) is 1. The van der Waals surface area contributed by atoms with Crippen molar-refractivity contribution in [1.29, 1.82) is 0 Å². The van der Waals surface area contributed by atoms with Crippen molar-refractivity contribution in [2.75, 3.05) is 7.11 Å². The highest BCUT2D eigenvalue weighted by atomic mass is 32.2. The van der Waals surface area contributed by atoms with E-state index in [1.165, 1.54) is 48.7 Å². The van der Waals surface area contributed by atoms with Crippen molar-refractivity contribution >= 4 is 34.8 Å². The summed E-state index contributed by atoms with van der Waals surface area (Å²) in [4.78, 5) is 25.0. The minimum Gasteiger partial charge on any atom is -0.504 e. The number of hydrogen-bond donors (Lipinski definition) is 2. The maximum atomic E-state index is 12.7. The second-order valence-electron chi connectivity index (χ2n) is 7.49. The van der Waals surface area contributed by atoms with Crippen LogP contribution in [-0.2, 0) is 17.6 Å². The molecular formula is C23H23N3O4S. The van der Waals surface area contributed by atoms with Gasteiger partial charge in [0.25, 0.3) is 0 Å². The number of carbonyl (C=O) groups is 2. The van der Waals surface area contributed by atoms with E-state index in [0.717, 1.165) is 19.3 Å². The highest BCUT2D eigenvalue weighted by molar-refractivity contribution is 8.15. The van der Waals surface area contributed by atoms with Crippen molar-refractivity contribution in [3.63, 3.8) is 0 Å². The number of methoxy groups -OCH3 is 1. The quantitative estimate of drug-likeness (QED) is 0.409. The number of rotatable bonds is 6. The van der Waals surface area contributed by atoms with E-state index in [0.29, 0.717) is 22.0 Å². The molecule has 0 spiro atoms. The number of aryl methyl sites for hydroxylation is 2. The summed E-state index contributed by atoms with van der Waals surface area (Å²) in [5, 5.41) is 20.2. The van der Waals surface area contributed by atoms with Gasteiger partial charge in [-0.1, -0.05) is 23.9 Å². The molecule has 4 rings (SSSR count). The number of aromatic hydroxyl groups is 1. The fourth-order valence-corrected chi connectivity index (χ4v) is 4.63. The maximum Gasteiger partial charge on any atom is 0.240 e. The minimum atomic E-state index is -0.522. The summed E-state index contributed by atoms with van der Waals surface area (Å²) in [6.45, 7) is 0. The van der Waals surface area contributed by atoms with Gasteiger partial charge < -0.3 is 15.2 Å². The molecule has 2 aromatic carbocycles. The normalized spacial score (nSPS) is 19.5. The molecule has 1 amide bonds. The molecular weight excluding hydrogens is 414 g/mol. The lowest BCUT2D eigenvalue weighted by Crippen LogP contribution is -2.26. The number of thioether (sulfide) groups is 1. The predicted octanol–water partition coefficient (Wildman–Crippen LogP) is 3.47. The largest absolute Gasteiger partial charge is 0.504 e. The number of fused-ring (bicyclic) bond motifs is 1. The van der Waals surface area contributed by atoms with Gasteiger partial charge in [0.05, 0.1) is 18.6 Å². The van der Waals surface area contributed by atoms with Gasteiger partial charge in [-0.2, -0.15) is 5.10 Å². The number of phenols is 1. The van der Waals surface area contributed by atoms with Crippen LogP contribution in [0.1, 0.15) is 46.3 Å². The van der Waals surface area contributed by atoms with E-state index in [1.807, 2.05) is 18.2 Å². The van der Waals surface area contributed by atoms with Crippen LogP contribution in [0.4, 0.5) is 0 Å². The molecule has 2 N–H and O–H groups in total. The molecule has 1 fully saturated rings. The summed E-state index contributed by atoms with van der Waals surface area (Å²) < 4.78 is 5.06. The van der Waals surface area contributed by atoms with Crippen LogP contribution in [0, 0.1) is 0 Å². The van der Waals surface area contributed by atoms with Crippen molar-refractivity contribution in [3.05, 3.63) is 58.7 Å². The average Bonchev–Trinajstić information content (AvgIpc) is 3.13. The standard InChI is InChI=1S/C23H23N3O4S/c1-30-20-10-14(6-9-18(20)27)13-24-26-23-25-22(29)21(31-23)12-19(28)17-8-7-15-4-2-3-5-16(15)11-17/h6-11,13,21,27H,2-5,12H2,1H3,(H,25,26,29)/b24-13+. The second kappa shape index (κ2) is 9.34. The van der Waals surface area contributed by atoms with Crippen molar-refractivity contribution < 1.29 is 19.4 Å². The number of carbonyl (C=O) groups excluding carboxylic acids is 2. The Morgan fingerprint density at radius 3 is 2.84 bits per heavy atom. The summed E-state index contributed by atoms with van der Waals surface area (Å²) in [7, 11) is 1.46. The predicted molar refractivity (Wildman–Crippen MR) is 121 cm³/mol. The smallest absolute Gasteiger partial charge is 0.240 e. The van der Waals surface area contributed by atoms with E-state index in [-0.39, 0.29) is 23.9 Å². The van der Waals surface area contributed by atoms with E-state index < -0.39 is 5.25 Å². The lowest BCUT2D eigenvalue weighted by atomic mass is 9.89. The molecule has 1 heterocycles. The van der Waals surface area contributed by atoms with Crippen LogP contribution in [0.2, 0.25) is 0 Å². The molecule has 0 aromatic heterocycles. The number of nitrogens with zero attached hydrogens (tertiary/aromatic N) is 2. The van der Waals surface area contributed by atoms with E-state index in [2.05, 4.69) is 15.5 Å². The van der Waals surface area contributed by atoms with Crippen LogP contribution in [0.25, 0.3) is 0 Å². The molecule has 160 valence electrons. The Labute approximate surface area is 184 Å². The number of phenolic OH excluding ortho intramolecular Hbond substituents is 1. The molecule has 1 atom stereocenters. The maximum absolute atomic E-state index is 12.7. The van der Waals surface area contributed by atoms with Crippen LogP contribution in [0.3, 0.4) is 0 Å². The Kier molecular flexibility index (Phi) is 6.36. The molecule has 8 heteroatoms. The van der Waals surface area contributed by atoms with Gasteiger partial charge in [-0.15, -0.1) is 5.10 Å². The highest BCUT2D eigenvalue weighted by Gasteiger charge is 2.32. The molecule has 2 aliphatic rings. The first-order valence-electron chi connectivity index (χ1n) is 10.1. The van der Waals surface area contributed by atoms with E-state index >= 15 is 0 Å². The van der Waals surface area contributed by atoms with Gasteiger partial charge in [0.2, 0.25) is 5.91 Å². The van der Waals surface area contributed by atoms with E-state index in [9.17, 15) is 14.7 Å². The van der Waals surface area contributed by atoms with Crippen molar-refractivity contribution in [2.45, 2.75) is 37.4 Å². The second-order valence-corrected chi connectivity index (χ2v) is 8.69.